The van der Waals surface area contributed by atoms with Gasteiger partial charge in [-0.15, -0.1) is 0 Å². The Hall–Kier alpha value is -1.08. The van der Waals surface area contributed by atoms with Crippen LogP contribution >= 0.6 is 11.6 Å². The molecule has 2 rings (SSSR count). The number of hydrogen-bond acceptors (Lipinski definition) is 4. The predicted molar refractivity (Wildman–Crippen MR) is 68.5 cm³/mol. The topological polar surface area (TPSA) is 58.0 Å². The number of nitrogens with zero attached hydrogens (tertiary/aromatic N) is 2. The molecule has 112 valence electrons. The van der Waals surface area contributed by atoms with Gasteiger partial charge in [0.15, 0.2) is 0 Å². The summed E-state index contributed by atoms with van der Waals surface area (Å²) in [7, 11) is 0. The van der Waals surface area contributed by atoms with Crippen LogP contribution in [0.2, 0.25) is 5.15 Å². The van der Waals surface area contributed by atoms with E-state index < -0.39 is 12.0 Å². The van der Waals surface area contributed by atoms with Gasteiger partial charge in [0, 0.05) is 24.6 Å². The smallest absolute Gasteiger partial charge is 0.396 e. The van der Waals surface area contributed by atoms with E-state index in [0.717, 1.165) is 25.7 Å². The number of rotatable bonds is 3. The Morgan fingerprint density at radius 1 is 1.30 bits per heavy atom. The van der Waals surface area contributed by atoms with E-state index in [1.165, 1.54) is 6.07 Å². The predicted octanol–water partition coefficient (Wildman–Crippen LogP) is 3.11. The van der Waals surface area contributed by atoms with Gasteiger partial charge in [-0.25, -0.2) is 9.97 Å². The quantitative estimate of drug-likeness (QED) is 0.842. The average molecular weight is 310 g/mol. The zero-order valence-electron chi connectivity index (χ0n) is 10.6. The third-order valence-corrected chi connectivity index (χ3v) is 3.62. The Morgan fingerprint density at radius 2 is 2.00 bits per heavy atom. The van der Waals surface area contributed by atoms with Crippen molar-refractivity contribution >= 4 is 17.4 Å². The van der Waals surface area contributed by atoms with Crippen LogP contribution < -0.4 is 5.32 Å². The van der Waals surface area contributed by atoms with Crippen molar-refractivity contribution in [2.75, 3.05) is 11.9 Å². The highest BCUT2D eigenvalue weighted by molar-refractivity contribution is 6.29. The van der Waals surface area contributed by atoms with Gasteiger partial charge in [-0.3, -0.25) is 0 Å². The second kappa shape index (κ2) is 6.13. The molecule has 0 bridgehead atoms. The summed E-state index contributed by atoms with van der Waals surface area (Å²) >= 11 is 5.60. The fraction of sp³-hybridized carbons (Fsp3) is 0.667. The Morgan fingerprint density at radius 3 is 2.65 bits per heavy atom. The molecule has 1 aromatic rings. The molecule has 1 aliphatic rings. The SMILES string of the molecule is OCC1CCCCC1Nc1cc(Cl)nc(C(F)(F)F)n1. The summed E-state index contributed by atoms with van der Waals surface area (Å²) < 4.78 is 37.9. The number of aliphatic hydroxyl groups excluding tert-OH is 1. The molecule has 0 aliphatic heterocycles. The summed E-state index contributed by atoms with van der Waals surface area (Å²) in [4.78, 5) is 6.63. The van der Waals surface area contributed by atoms with Crippen LogP contribution in [-0.4, -0.2) is 27.7 Å². The minimum absolute atomic E-state index is 0.00259. The van der Waals surface area contributed by atoms with Crippen molar-refractivity contribution in [3.05, 3.63) is 17.0 Å². The summed E-state index contributed by atoms with van der Waals surface area (Å²) in [5, 5.41) is 12.0. The van der Waals surface area contributed by atoms with Gasteiger partial charge in [0.05, 0.1) is 0 Å². The number of aromatic nitrogens is 2. The van der Waals surface area contributed by atoms with E-state index in [4.69, 9.17) is 11.6 Å². The molecular formula is C12H15ClF3N3O. The highest BCUT2D eigenvalue weighted by Crippen LogP contribution is 2.30. The lowest BCUT2D eigenvalue weighted by molar-refractivity contribution is -0.144. The first-order valence-electron chi connectivity index (χ1n) is 6.39. The van der Waals surface area contributed by atoms with Crippen molar-refractivity contribution in [2.24, 2.45) is 5.92 Å². The van der Waals surface area contributed by atoms with Gasteiger partial charge in [-0.05, 0) is 12.8 Å². The van der Waals surface area contributed by atoms with Crippen molar-refractivity contribution in [3.8, 4) is 0 Å². The largest absolute Gasteiger partial charge is 0.451 e. The lowest BCUT2D eigenvalue weighted by Crippen LogP contribution is -2.34. The van der Waals surface area contributed by atoms with Crippen LogP contribution in [0.5, 0.6) is 0 Å². The molecule has 0 aromatic carbocycles. The molecule has 1 aliphatic carbocycles. The van der Waals surface area contributed by atoms with Crippen molar-refractivity contribution < 1.29 is 18.3 Å². The van der Waals surface area contributed by atoms with Gasteiger partial charge in [0.25, 0.3) is 0 Å². The lowest BCUT2D eigenvalue weighted by atomic mass is 9.85. The highest BCUT2D eigenvalue weighted by atomic mass is 35.5. The fourth-order valence-electron chi connectivity index (χ4n) is 2.42. The number of hydrogen-bond donors (Lipinski definition) is 2. The zero-order chi connectivity index (χ0) is 14.8. The summed E-state index contributed by atoms with van der Waals surface area (Å²) in [6.45, 7) is 0.00259. The molecule has 1 aromatic heterocycles. The Labute approximate surface area is 119 Å². The van der Waals surface area contributed by atoms with E-state index in [1.54, 1.807) is 0 Å². The molecule has 1 saturated carbocycles. The molecule has 2 atom stereocenters. The first-order chi connectivity index (χ1) is 9.40. The second-order valence-corrected chi connectivity index (χ2v) is 5.26. The van der Waals surface area contributed by atoms with E-state index in [0.29, 0.717) is 0 Å². The van der Waals surface area contributed by atoms with Gasteiger partial charge in [0.1, 0.15) is 11.0 Å². The lowest BCUT2D eigenvalue weighted by Gasteiger charge is -2.31. The van der Waals surface area contributed by atoms with E-state index in [2.05, 4.69) is 15.3 Å². The molecule has 2 N–H and O–H groups in total. The van der Waals surface area contributed by atoms with Crippen LogP contribution in [0.15, 0.2) is 6.07 Å². The van der Waals surface area contributed by atoms with E-state index in [-0.39, 0.29) is 29.5 Å². The zero-order valence-corrected chi connectivity index (χ0v) is 11.4. The van der Waals surface area contributed by atoms with Crippen molar-refractivity contribution in [1.29, 1.82) is 0 Å². The maximum Gasteiger partial charge on any atom is 0.451 e. The molecule has 4 nitrogen and oxygen atoms in total. The molecule has 0 amide bonds. The van der Waals surface area contributed by atoms with Crippen LogP contribution in [0.1, 0.15) is 31.5 Å². The van der Waals surface area contributed by atoms with Crippen LogP contribution in [0, 0.1) is 5.92 Å². The van der Waals surface area contributed by atoms with Crippen molar-refractivity contribution in [1.82, 2.24) is 9.97 Å². The number of alkyl halides is 3. The summed E-state index contributed by atoms with van der Waals surface area (Å²) in [5.74, 6) is -1.20. The summed E-state index contributed by atoms with van der Waals surface area (Å²) in [6.07, 6.45) is -1.02. The van der Waals surface area contributed by atoms with Crippen LogP contribution in [-0.2, 0) is 6.18 Å². The van der Waals surface area contributed by atoms with E-state index in [1.807, 2.05) is 0 Å². The third kappa shape index (κ3) is 3.73. The molecule has 0 saturated heterocycles. The Bertz CT molecular complexity index is 470. The van der Waals surface area contributed by atoms with E-state index >= 15 is 0 Å². The van der Waals surface area contributed by atoms with Crippen LogP contribution in [0.25, 0.3) is 0 Å². The third-order valence-electron chi connectivity index (χ3n) is 3.43. The van der Waals surface area contributed by atoms with Gasteiger partial charge in [0.2, 0.25) is 5.82 Å². The maximum atomic E-state index is 12.6. The standard InChI is InChI=1S/C12H15ClF3N3O/c13-9-5-10(19-11(18-9)12(14,15)16)17-8-4-2-1-3-7(8)6-20/h5,7-8,20H,1-4,6H2,(H,17,18,19). The number of anilines is 1. The minimum atomic E-state index is -4.63. The first-order valence-corrected chi connectivity index (χ1v) is 6.77. The molecule has 1 fully saturated rings. The van der Waals surface area contributed by atoms with E-state index in [9.17, 15) is 18.3 Å². The Kier molecular flexibility index (Phi) is 4.70. The summed E-state index contributed by atoms with van der Waals surface area (Å²) in [6, 6.07) is 1.17. The molecule has 20 heavy (non-hydrogen) atoms. The highest BCUT2D eigenvalue weighted by Gasteiger charge is 2.35. The minimum Gasteiger partial charge on any atom is -0.396 e. The average Bonchev–Trinajstić information content (AvgIpc) is 2.37. The number of nitrogens with one attached hydrogen (secondary N) is 1. The van der Waals surface area contributed by atoms with Gasteiger partial charge < -0.3 is 10.4 Å². The molecule has 8 heteroatoms. The van der Waals surface area contributed by atoms with Crippen LogP contribution in [0.4, 0.5) is 19.0 Å². The molecule has 1 heterocycles. The van der Waals surface area contributed by atoms with Gasteiger partial charge in [-0.1, -0.05) is 24.4 Å². The Balaban J connectivity index is 2.18. The van der Waals surface area contributed by atoms with Crippen molar-refractivity contribution in [3.63, 3.8) is 0 Å². The molecule has 0 radical (unpaired) electrons. The fourth-order valence-corrected chi connectivity index (χ4v) is 2.61. The normalized spacial score (nSPS) is 23.6. The van der Waals surface area contributed by atoms with Crippen molar-refractivity contribution in [2.45, 2.75) is 37.9 Å². The monoisotopic (exact) mass is 309 g/mol. The molecule has 0 spiro atoms. The number of aliphatic hydroxyl groups is 1. The molecular weight excluding hydrogens is 295 g/mol. The summed E-state index contributed by atoms with van der Waals surface area (Å²) in [5.41, 5.74) is 0. The van der Waals surface area contributed by atoms with Gasteiger partial charge in [-0.2, -0.15) is 13.2 Å². The first kappa shape index (κ1) is 15.3. The second-order valence-electron chi connectivity index (χ2n) is 4.88. The van der Waals surface area contributed by atoms with Gasteiger partial charge >= 0.3 is 6.18 Å². The number of halogens is 4. The maximum absolute atomic E-state index is 12.6. The molecule has 2 unspecified atom stereocenters. The van der Waals surface area contributed by atoms with Crippen LogP contribution in [0.3, 0.4) is 0 Å².